The lowest BCUT2D eigenvalue weighted by Crippen LogP contribution is -2.32. The van der Waals surface area contributed by atoms with E-state index in [1.165, 1.54) is 0 Å². The highest BCUT2D eigenvalue weighted by Gasteiger charge is 2.03. The average molecular weight is 335 g/mol. The lowest BCUT2D eigenvalue weighted by Gasteiger charge is -2.17. The van der Waals surface area contributed by atoms with Gasteiger partial charge in [-0.25, -0.2) is 0 Å². The summed E-state index contributed by atoms with van der Waals surface area (Å²) in [5.41, 5.74) is 0.871. The third-order valence-electron chi connectivity index (χ3n) is 3.47. The van der Waals surface area contributed by atoms with Crippen LogP contribution in [0, 0.1) is 0 Å². The molecule has 0 amide bonds. The maximum atomic E-state index is 10.6. The van der Waals surface area contributed by atoms with E-state index >= 15 is 0 Å². The number of nitrogens with zero attached hydrogens (tertiary/aromatic N) is 1. The van der Waals surface area contributed by atoms with Gasteiger partial charge in [0, 0.05) is 19.6 Å². The first-order valence-corrected chi connectivity index (χ1v) is 7.85. The van der Waals surface area contributed by atoms with E-state index in [1.54, 1.807) is 4.90 Å². The van der Waals surface area contributed by atoms with Gasteiger partial charge in [0.05, 0.1) is 26.2 Å². The number of carboxylic acids is 1. The first-order chi connectivity index (χ1) is 11.6. The van der Waals surface area contributed by atoms with Crippen LogP contribution >= 0.6 is 0 Å². The molecule has 6 nitrogen and oxygen atoms in total. The third-order valence-corrected chi connectivity index (χ3v) is 3.47. The normalized spacial score (nSPS) is 10.5. The summed E-state index contributed by atoms with van der Waals surface area (Å²) in [6.07, 6.45) is 0.0847. The van der Waals surface area contributed by atoms with Crippen LogP contribution in [0.4, 0.5) is 0 Å². The van der Waals surface area contributed by atoms with Gasteiger partial charge in [-0.1, -0.05) is 42.5 Å². The fraction of sp³-hybridized carbons (Fsp3) is 0.389. The molecule has 0 heterocycles. The summed E-state index contributed by atoms with van der Waals surface area (Å²) in [5.74, 6) is -0.790. The van der Waals surface area contributed by atoms with Gasteiger partial charge < -0.3 is 20.4 Å². The maximum absolute atomic E-state index is 10.6. The number of carbonyl (C=O) groups is 1. The molecule has 0 aliphatic rings. The van der Waals surface area contributed by atoms with E-state index in [0.29, 0.717) is 19.6 Å². The Hall–Kier alpha value is -1.99. The van der Waals surface area contributed by atoms with Crippen molar-refractivity contribution < 1.29 is 25.2 Å². The molecule has 132 valence electrons. The van der Waals surface area contributed by atoms with E-state index in [1.807, 2.05) is 42.5 Å². The van der Waals surface area contributed by atoms with Gasteiger partial charge in [-0.3, -0.25) is 9.69 Å². The Balaban J connectivity index is 0.000000257. The van der Waals surface area contributed by atoms with Gasteiger partial charge in [-0.2, -0.15) is 0 Å². The Morgan fingerprint density at radius 2 is 1.38 bits per heavy atom. The monoisotopic (exact) mass is 335 g/mol. The third kappa shape index (κ3) is 7.06. The quantitative estimate of drug-likeness (QED) is 0.567. The molecule has 0 atom stereocenters. The van der Waals surface area contributed by atoms with E-state index in [0.717, 1.165) is 16.3 Å². The number of aliphatic hydroxyl groups excluding tert-OH is 3. The van der Waals surface area contributed by atoms with Crippen molar-refractivity contribution in [1.82, 2.24) is 4.90 Å². The second-order valence-corrected chi connectivity index (χ2v) is 5.22. The molecule has 2 aromatic carbocycles. The largest absolute Gasteiger partial charge is 0.481 e. The summed E-state index contributed by atoms with van der Waals surface area (Å²) in [6.45, 7) is 1.75. The van der Waals surface area contributed by atoms with Crippen LogP contribution in [0.2, 0.25) is 0 Å². The van der Waals surface area contributed by atoms with E-state index in [-0.39, 0.29) is 26.2 Å². The minimum atomic E-state index is -0.790. The van der Waals surface area contributed by atoms with Crippen molar-refractivity contribution in [2.45, 2.75) is 6.42 Å². The van der Waals surface area contributed by atoms with Crippen molar-refractivity contribution in [3.8, 4) is 0 Å². The zero-order valence-electron chi connectivity index (χ0n) is 13.6. The highest BCUT2D eigenvalue weighted by Crippen LogP contribution is 2.18. The molecule has 0 aliphatic carbocycles. The molecule has 0 saturated heterocycles. The molecule has 2 rings (SSSR count). The summed E-state index contributed by atoms with van der Waals surface area (Å²) in [7, 11) is 0. The first-order valence-electron chi connectivity index (χ1n) is 7.85. The molecule has 0 fully saturated rings. The Labute approximate surface area is 141 Å². The summed E-state index contributed by atoms with van der Waals surface area (Å²) in [6, 6.07) is 13.5. The molecule has 6 heteroatoms. The fourth-order valence-corrected chi connectivity index (χ4v) is 2.37. The van der Waals surface area contributed by atoms with Crippen LogP contribution < -0.4 is 0 Å². The molecule has 0 spiro atoms. The van der Waals surface area contributed by atoms with E-state index < -0.39 is 5.97 Å². The van der Waals surface area contributed by atoms with Crippen molar-refractivity contribution >= 4 is 16.7 Å². The smallest absolute Gasteiger partial charge is 0.307 e. The van der Waals surface area contributed by atoms with Crippen LogP contribution in [0.15, 0.2) is 42.5 Å². The number of aliphatic carboxylic acids is 1. The lowest BCUT2D eigenvalue weighted by atomic mass is 10.0. The SMILES string of the molecule is O=C(O)Cc1cccc2ccccc12.OCCN(CCO)CCO. The van der Waals surface area contributed by atoms with Gasteiger partial charge in [0.25, 0.3) is 0 Å². The van der Waals surface area contributed by atoms with Gasteiger partial charge >= 0.3 is 5.97 Å². The number of carboxylic acid groups (broad SMARTS) is 1. The van der Waals surface area contributed by atoms with Gasteiger partial charge in [0.1, 0.15) is 0 Å². The lowest BCUT2D eigenvalue weighted by molar-refractivity contribution is -0.136. The van der Waals surface area contributed by atoms with Crippen molar-refractivity contribution in [3.63, 3.8) is 0 Å². The van der Waals surface area contributed by atoms with Crippen molar-refractivity contribution in [2.24, 2.45) is 0 Å². The number of hydrogen-bond donors (Lipinski definition) is 4. The molecule has 0 radical (unpaired) electrons. The van der Waals surface area contributed by atoms with Crippen molar-refractivity contribution in [1.29, 1.82) is 0 Å². The summed E-state index contributed by atoms with van der Waals surface area (Å²) in [5, 5.41) is 36.3. The van der Waals surface area contributed by atoms with Crippen LogP contribution in [0.3, 0.4) is 0 Å². The van der Waals surface area contributed by atoms with Crippen molar-refractivity contribution in [2.75, 3.05) is 39.5 Å². The second-order valence-electron chi connectivity index (χ2n) is 5.22. The number of hydrogen-bond acceptors (Lipinski definition) is 5. The van der Waals surface area contributed by atoms with Gasteiger partial charge in [-0.05, 0) is 16.3 Å². The Morgan fingerprint density at radius 3 is 1.92 bits per heavy atom. The Kier molecular flexibility index (Phi) is 9.64. The highest BCUT2D eigenvalue weighted by atomic mass is 16.4. The summed E-state index contributed by atoms with van der Waals surface area (Å²) in [4.78, 5) is 12.4. The molecule has 0 bridgehead atoms. The average Bonchev–Trinajstić information content (AvgIpc) is 2.56. The van der Waals surface area contributed by atoms with Gasteiger partial charge in [0.2, 0.25) is 0 Å². The number of aliphatic hydroxyl groups is 3. The second kappa shape index (κ2) is 11.5. The van der Waals surface area contributed by atoms with E-state index in [4.69, 9.17) is 20.4 Å². The van der Waals surface area contributed by atoms with Gasteiger partial charge in [0.15, 0.2) is 0 Å². The van der Waals surface area contributed by atoms with Crippen LogP contribution in [-0.2, 0) is 11.2 Å². The molecule has 0 unspecified atom stereocenters. The summed E-state index contributed by atoms with van der Waals surface area (Å²) < 4.78 is 0. The first kappa shape index (κ1) is 20.1. The molecule has 2 aromatic rings. The fourth-order valence-electron chi connectivity index (χ4n) is 2.37. The minimum Gasteiger partial charge on any atom is -0.481 e. The zero-order chi connectivity index (χ0) is 17.8. The number of rotatable bonds is 8. The van der Waals surface area contributed by atoms with E-state index in [2.05, 4.69) is 0 Å². The van der Waals surface area contributed by atoms with E-state index in [9.17, 15) is 4.79 Å². The molecular formula is C18H25NO5. The maximum Gasteiger partial charge on any atom is 0.307 e. The molecule has 0 aliphatic heterocycles. The predicted molar refractivity (Wildman–Crippen MR) is 93.0 cm³/mol. The van der Waals surface area contributed by atoms with Gasteiger partial charge in [-0.15, -0.1) is 0 Å². The number of benzene rings is 2. The Morgan fingerprint density at radius 1 is 0.833 bits per heavy atom. The summed E-state index contributed by atoms with van der Waals surface area (Å²) >= 11 is 0. The molecule has 24 heavy (non-hydrogen) atoms. The molecule has 0 saturated carbocycles. The Bertz CT molecular complexity index is 598. The van der Waals surface area contributed by atoms with Crippen molar-refractivity contribution in [3.05, 3.63) is 48.0 Å². The standard InChI is InChI=1S/C12H10O2.C6H15NO3/c13-12(14)8-10-6-3-5-9-4-1-2-7-11(9)10;8-4-1-7(2-5-9)3-6-10/h1-7H,8H2,(H,13,14);8-10H,1-6H2. The molecular weight excluding hydrogens is 310 g/mol. The topological polar surface area (TPSA) is 101 Å². The van der Waals surface area contributed by atoms with Crippen LogP contribution in [0.25, 0.3) is 10.8 Å². The molecule has 4 N–H and O–H groups in total. The zero-order valence-corrected chi connectivity index (χ0v) is 13.6. The van der Waals surface area contributed by atoms with Crippen LogP contribution in [0.5, 0.6) is 0 Å². The highest BCUT2D eigenvalue weighted by molar-refractivity contribution is 5.88. The molecule has 0 aromatic heterocycles. The number of fused-ring (bicyclic) bond motifs is 1. The van der Waals surface area contributed by atoms with Crippen LogP contribution in [-0.4, -0.2) is 70.8 Å². The predicted octanol–water partition coefficient (Wildman–Crippen LogP) is 0.732. The minimum absolute atomic E-state index is 0.0694. The van der Waals surface area contributed by atoms with Crippen LogP contribution in [0.1, 0.15) is 5.56 Å².